The van der Waals surface area contributed by atoms with E-state index in [4.69, 9.17) is 5.21 Å². The Morgan fingerprint density at radius 2 is 2.11 bits per heavy atom. The van der Waals surface area contributed by atoms with Gasteiger partial charge in [-0.3, -0.25) is 14.8 Å². The van der Waals surface area contributed by atoms with E-state index in [0.29, 0.717) is 0 Å². The summed E-state index contributed by atoms with van der Waals surface area (Å²) >= 11 is 3.20. The first-order chi connectivity index (χ1) is 4.09. The zero-order valence-electron chi connectivity index (χ0n) is 4.87. The van der Waals surface area contributed by atoms with E-state index in [2.05, 4.69) is 12.6 Å². The van der Waals surface area contributed by atoms with Crippen LogP contribution in [-0.2, 0) is 4.79 Å². The maximum Gasteiger partial charge on any atom is 0.309 e. The van der Waals surface area contributed by atoms with Gasteiger partial charge in [0.25, 0.3) is 5.91 Å². The van der Waals surface area contributed by atoms with Crippen LogP contribution < -0.4 is 0 Å². The van der Waals surface area contributed by atoms with Crippen molar-refractivity contribution in [2.24, 2.45) is 0 Å². The number of nitrogens with zero attached hydrogens (tertiary/aromatic N) is 1. The van der Waals surface area contributed by atoms with Crippen LogP contribution in [0.15, 0.2) is 0 Å². The molecule has 0 heterocycles. The largest absolute Gasteiger partial charge is 0.309 e. The Labute approximate surface area is 57.8 Å². The molecule has 4 nitrogen and oxygen atoms in total. The van der Waals surface area contributed by atoms with Crippen molar-refractivity contribution in [1.82, 2.24) is 5.06 Å². The van der Waals surface area contributed by atoms with Crippen LogP contribution in [0.5, 0.6) is 0 Å². The molecule has 0 saturated heterocycles. The molecule has 9 heavy (non-hydrogen) atoms. The molecule has 0 aromatic carbocycles. The third-order valence-corrected chi connectivity index (χ3v) is 0.909. The topological polar surface area (TPSA) is 57.6 Å². The molecule has 0 spiro atoms. The Hall–Kier alpha value is -0.550. The van der Waals surface area contributed by atoms with Crippen LogP contribution in [0.2, 0.25) is 0 Å². The smallest absolute Gasteiger partial charge is 0.278 e. The van der Waals surface area contributed by atoms with Gasteiger partial charge in [0, 0.05) is 6.42 Å². The molecule has 0 aliphatic heterocycles. The first kappa shape index (κ1) is 8.45. The lowest BCUT2D eigenvalue weighted by atomic mass is 10.5. The molecule has 2 amide bonds. The molecule has 52 valence electrons. The summed E-state index contributed by atoms with van der Waals surface area (Å²) in [5.74, 6) is -0.657. The molecule has 0 aromatic heterocycles. The van der Waals surface area contributed by atoms with Gasteiger partial charge in [-0.25, -0.2) is 0 Å². The van der Waals surface area contributed by atoms with Crippen molar-refractivity contribution in [2.45, 2.75) is 13.3 Å². The standard InChI is InChI=1S/C4H7NO3S/c1-2-3(6)5(8)4(7)9/h8H,2H2,1H3,(H,7,9). The average Bonchev–Trinajstić information content (AvgIpc) is 1.84. The van der Waals surface area contributed by atoms with Crippen LogP contribution in [0, 0.1) is 0 Å². The van der Waals surface area contributed by atoms with E-state index in [-0.39, 0.29) is 11.5 Å². The summed E-state index contributed by atoms with van der Waals surface area (Å²) in [6.07, 6.45) is 0.0861. The average molecular weight is 149 g/mol. The van der Waals surface area contributed by atoms with E-state index in [0.717, 1.165) is 0 Å². The first-order valence-corrected chi connectivity index (χ1v) is 2.79. The predicted octanol–water partition coefficient (Wildman–Crippen LogP) is 0.664. The normalized spacial score (nSPS) is 8.78. The van der Waals surface area contributed by atoms with Crippen molar-refractivity contribution in [3.05, 3.63) is 0 Å². The molecule has 1 N–H and O–H groups in total. The molecule has 0 atom stereocenters. The van der Waals surface area contributed by atoms with E-state index in [1.165, 1.54) is 6.92 Å². The second-order valence-electron chi connectivity index (χ2n) is 1.34. The summed E-state index contributed by atoms with van der Waals surface area (Å²) < 4.78 is 0. The van der Waals surface area contributed by atoms with E-state index in [9.17, 15) is 9.59 Å². The van der Waals surface area contributed by atoms with Crippen LogP contribution in [-0.4, -0.2) is 21.4 Å². The minimum absolute atomic E-state index is 0.0247. The van der Waals surface area contributed by atoms with E-state index >= 15 is 0 Å². The summed E-state index contributed by atoms with van der Waals surface area (Å²) in [5, 5.41) is 7.47. The molecular formula is C4H7NO3S. The van der Waals surface area contributed by atoms with Crippen molar-refractivity contribution in [1.29, 1.82) is 0 Å². The van der Waals surface area contributed by atoms with Gasteiger partial charge in [-0.1, -0.05) is 19.6 Å². The van der Waals surface area contributed by atoms with Gasteiger partial charge >= 0.3 is 5.24 Å². The molecule has 0 aromatic rings. The molecule has 5 heteroatoms. The Bertz CT molecular complexity index is 136. The molecular weight excluding hydrogens is 142 g/mol. The summed E-state index contributed by atoms with van der Waals surface area (Å²) in [6, 6.07) is 0. The number of carbonyl (C=O) groups excluding carboxylic acids is 2. The lowest BCUT2D eigenvalue weighted by Gasteiger charge is -2.06. The Kier molecular flexibility index (Phi) is 3.26. The maximum atomic E-state index is 10.4. The fourth-order valence-electron chi connectivity index (χ4n) is 0.256. The third-order valence-electron chi connectivity index (χ3n) is 0.720. The Morgan fingerprint density at radius 3 is 2.22 bits per heavy atom. The van der Waals surface area contributed by atoms with Gasteiger partial charge in [-0.05, 0) is 0 Å². The highest BCUT2D eigenvalue weighted by Crippen LogP contribution is 1.93. The lowest BCUT2D eigenvalue weighted by molar-refractivity contribution is -0.150. The van der Waals surface area contributed by atoms with Gasteiger partial charge in [0.15, 0.2) is 0 Å². The molecule has 0 saturated carbocycles. The molecule has 0 unspecified atom stereocenters. The molecule has 0 radical (unpaired) electrons. The number of hydrogen-bond donors (Lipinski definition) is 2. The minimum atomic E-state index is -0.957. The van der Waals surface area contributed by atoms with Gasteiger partial charge in [0.2, 0.25) is 0 Å². The number of hydrogen-bond acceptors (Lipinski definition) is 3. The van der Waals surface area contributed by atoms with Crippen molar-refractivity contribution in [2.75, 3.05) is 0 Å². The van der Waals surface area contributed by atoms with Crippen molar-refractivity contribution in [3.8, 4) is 0 Å². The first-order valence-electron chi connectivity index (χ1n) is 2.34. The fourth-order valence-corrected chi connectivity index (χ4v) is 0.368. The van der Waals surface area contributed by atoms with Crippen molar-refractivity contribution in [3.63, 3.8) is 0 Å². The van der Waals surface area contributed by atoms with E-state index in [1.807, 2.05) is 0 Å². The summed E-state index contributed by atoms with van der Waals surface area (Å²) in [5.41, 5.74) is 0. The van der Waals surface area contributed by atoms with E-state index in [1.54, 1.807) is 0 Å². The summed E-state index contributed by atoms with van der Waals surface area (Å²) in [6.45, 7) is 1.53. The molecule has 0 aliphatic carbocycles. The van der Waals surface area contributed by atoms with Crippen LogP contribution in [0.1, 0.15) is 13.3 Å². The third kappa shape index (κ3) is 2.48. The highest BCUT2D eigenvalue weighted by molar-refractivity contribution is 7.96. The van der Waals surface area contributed by atoms with E-state index < -0.39 is 11.1 Å². The number of imide groups is 1. The Morgan fingerprint density at radius 1 is 1.67 bits per heavy atom. The second-order valence-corrected chi connectivity index (χ2v) is 1.72. The van der Waals surface area contributed by atoms with Crippen molar-refractivity contribution < 1.29 is 14.8 Å². The second kappa shape index (κ2) is 3.47. The van der Waals surface area contributed by atoms with Crippen molar-refractivity contribution >= 4 is 23.8 Å². The van der Waals surface area contributed by atoms with Crippen LogP contribution in [0.4, 0.5) is 4.79 Å². The predicted molar refractivity (Wildman–Crippen MR) is 33.3 cm³/mol. The zero-order valence-corrected chi connectivity index (χ0v) is 5.76. The number of amides is 2. The molecule has 0 aliphatic rings. The van der Waals surface area contributed by atoms with Gasteiger partial charge in [-0.2, -0.15) is 0 Å². The van der Waals surface area contributed by atoms with Gasteiger partial charge in [-0.15, -0.1) is 5.06 Å². The number of rotatable bonds is 1. The number of hydroxylamine groups is 2. The van der Waals surface area contributed by atoms with Gasteiger partial charge in [0.05, 0.1) is 0 Å². The quantitative estimate of drug-likeness (QED) is 0.327. The SMILES string of the molecule is CCC(=O)N(O)C(=O)S. The Balaban J connectivity index is 3.88. The summed E-state index contributed by atoms with van der Waals surface area (Å²) in [4.78, 5) is 20.4. The number of carbonyl (C=O) groups is 2. The van der Waals surface area contributed by atoms with Crippen LogP contribution >= 0.6 is 12.6 Å². The zero-order chi connectivity index (χ0) is 7.44. The lowest BCUT2D eigenvalue weighted by Crippen LogP contribution is -2.28. The molecule has 0 fully saturated rings. The molecule has 0 bridgehead atoms. The maximum absolute atomic E-state index is 10.4. The fraction of sp³-hybridized carbons (Fsp3) is 0.500. The highest BCUT2D eigenvalue weighted by Gasteiger charge is 2.12. The monoisotopic (exact) mass is 149 g/mol. The number of thiol groups is 1. The van der Waals surface area contributed by atoms with Crippen LogP contribution in [0.3, 0.4) is 0 Å². The summed E-state index contributed by atoms with van der Waals surface area (Å²) in [7, 11) is 0. The molecule has 0 rings (SSSR count). The van der Waals surface area contributed by atoms with Gasteiger partial charge < -0.3 is 0 Å². The van der Waals surface area contributed by atoms with Gasteiger partial charge in [0.1, 0.15) is 0 Å². The minimum Gasteiger partial charge on any atom is -0.278 e. The highest BCUT2D eigenvalue weighted by atomic mass is 32.1. The van der Waals surface area contributed by atoms with Crippen LogP contribution in [0.25, 0.3) is 0 Å².